The van der Waals surface area contributed by atoms with E-state index in [1.807, 2.05) is 19.1 Å². The van der Waals surface area contributed by atoms with E-state index in [9.17, 15) is 0 Å². The monoisotopic (exact) mass is 244 g/mol. The first-order valence-corrected chi connectivity index (χ1v) is 6.13. The first-order valence-electron chi connectivity index (χ1n) is 6.13. The van der Waals surface area contributed by atoms with Crippen LogP contribution in [0.1, 0.15) is 28.7 Å². The number of furan rings is 1. The van der Waals surface area contributed by atoms with Crippen molar-refractivity contribution in [2.75, 3.05) is 14.1 Å². The molecule has 1 unspecified atom stereocenters. The van der Waals surface area contributed by atoms with Gasteiger partial charge in [-0.2, -0.15) is 0 Å². The van der Waals surface area contributed by atoms with Crippen molar-refractivity contribution >= 4 is 0 Å². The number of nitrogens with zero attached hydrogens (tertiary/aromatic N) is 1. The summed E-state index contributed by atoms with van der Waals surface area (Å²) in [7, 11) is 4.11. The summed E-state index contributed by atoms with van der Waals surface area (Å²) in [4.78, 5) is 2.15. The topological polar surface area (TPSA) is 42.4 Å². The molecule has 2 rings (SSSR count). The van der Waals surface area contributed by atoms with Crippen molar-refractivity contribution in [1.29, 1.82) is 0 Å². The molecule has 3 heteroatoms. The van der Waals surface area contributed by atoms with Gasteiger partial charge in [0.15, 0.2) is 0 Å². The smallest absolute Gasteiger partial charge is 0.125 e. The molecule has 0 radical (unpaired) electrons. The molecule has 0 spiro atoms. The summed E-state index contributed by atoms with van der Waals surface area (Å²) in [5, 5.41) is 0. The Morgan fingerprint density at radius 3 is 2.22 bits per heavy atom. The average molecular weight is 244 g/mol. The first kappa shape index (κ1) is 12.9. The summed E-state index contributed by atoms with van der Waals surface area (Å²) in [6.07, 6.45) is 0. The average Bonchev–Trinajstić information content (AvgIpc) is 2.76. The van der Waals surface area contributed by atoms with Crippen molar-refractivity contribution in [3.63, 3.8) is 0 Å². The van der Waals surface area contributed by atoms with E-state index in [-0.39, 0.29) is 6.04 Å². The summed E-state index contributed by atoms with van der Waals surface area (Å²) >= 11 is 0. The second kappa shape index (κ2) is 5.38. The third-order valence-electron chi connectivity index (χ3n) is 3.08. The molecule has 1 heterocycles. The fourth-order valence-electron chi connectivity index (χ4n) is 2.15. The highest BCUT2D eigenvalue weighted by molar-refractivity contribution is 5.30. The molecule has 0 saturated carbocycles. The molecule has 0 saturated heterocycles. The maximum Gasteiger partial charge on any atom is 0.125 e. The van der Waals surface area contributed by atoms with Crippen LogP contribution < -0.4 is 5.73 Å². The molecule has 96 valence electrons. The van der Waals surface area contributed by atoms with Gasteiger partial charge in [0, 0.05) is 6.54 Å². The zero-order valence-corrected chi connectivity index (χ0v) is 11.2. The number of aryl methyl sites for hydroxylation is 1. The summed E-state index contributed by atoms with van der Waals surface area (Å²) in [6, 6.07) is 12.6. The van der Waals surface area contributed by atoms with Crippen LogP contribution in [-0.4, -0.2) is 19.0 Å². The van der Waals surface area contributed by atoms with E-state index in [0.29, 0.717) is 6.54 Å². The normalized spacial score (nSPS) is 12.9. The van der Waals surface area contributed by atoms with Crippen LogP contribution in [0.4, 0.5) is 0 Å². The summed E-state index contributed by atoms with van der Waals surface area (Å²) in [5.74, 6) is 1.91. The molecule has 18 heavy (non-hydrogen) atoms. The molecule has 1 aromatic carbocycles. The van der Waals surface area contributed by atoms with Gasteiger partial charge in [-0.05, 0) is 44.3 Å². The third-order valence-corrected chi connectivity index (χ3v) is 3.08. The van der Waals surface area contributed by atoms with Crippen LogP contribution in [0.3, 0.4) is 0 Å². The van der Waals surface area contributed by atoms with Gasteiger partial charge < -0.3 is 10.2 Å². The predicted octanol–water partition coefficient (Wildman–Crippen LogP) is 2.70. The highest BCUT2D eigenvalue weighted by Gasteiger charge is 2.19. The Balaban J connectivity index is 2.35. The lowest BCUT2D eigenvalue weighted by Crippen LogP contribution is -2.20. The van der Waals surface area contributed by atoms with Gasteiger partial charge in [0.2, 0.25) is 0 Å². The van der Waals surface area contributed by atoms with Crippen LogP contribution in [0.25, 0.3) is 0 Å². The van der Waals surface area contributed by atoms with E-state index in [1.54, 1.807) is 0 Å². The van der Waals surface area contributed by atoms with Crippen molar-refractivity contribution in [3.8, 4) is 0 Å². The number of hydrogen-bond acceptors (Lipinski definition) is 3. The van der Waals surface area contributed by atoms with Gasteiger partial charge >= 0.3 is 0 Å². The van der Waals surface area contributed by atoms with E-state index in [4.69, 9.17) is 10.2 Å². The van der Waals surface area contributed by atoms with E-state index < -0.39 is 0 Å². The van der Waals surface area contributed by atoms with Crippen molar-refractivity contribution in [1.82, 2.24) is 4.90 Å². The minimum atomic E-state index is 0.144. The van der Waals surface area contributed by atoms with Crippen molar-refractivity contribution in [2.24, 2.45) is 5.73 Å². The van der Waals surface area contributed by atoms with E-state index in [1.165, 1.54) is 5.56 Å². The molecule has 0 amide bonds. The molecule has 2 N–H and O–H groups in total. The summed E-state index contributed by atoms with van der Waals surface area (Å²) in [6.45, 7) is 2.54. The highest BCUT2D eigenvalue weighted by atomic mass is 16.3. The lowest BCUT2D eigenvalue weighted by Gasteiger charge is -2.23. The molecule has 0 aliphatic rings. The molecule has 0 fully saturated rings. The molecule has 3 nitrogen and oxygen atoms in total. The summed E-state index contributed by atoms with van der Waals surface area (Å²) < 4.78 is 5.75. The van der Waals surface area contributed by atoms with E-state index >= 15 is 0 Å². The Labute approximate surface area is 108 Å². The molecule has 0 aliphatic heterocycles. The van der Waals surface area contributed by atoms with Crippen molar-refractivity contribution < 1.29 is 4.42 Å². The Bertz CT molecular complexity index is 499. The number of benzene rings is 1. The minimum Gasteiger partial charge on any atom is -0.464 e. The van der Waals surface area contributed by atoms with Crippen molar-refractivity contribution in [2.45, 2.75) is 19.5 Å². The van der Waals surface area contributed by atoms with Crippen LogP contribution in [-0.2, 0) is 6.54 Å². The molecule has 0 aliphatic carbocycles. The molecule has 2 aromatic rings. The second-order valence-electron chi connectivity index (χ2n) is 4.76. The van der Waals surface area contributed by atoms with Crippen LogP contribution in [0.15, 0.2) is 40.8 Å². The Morgan fingerprint density at radius 1 is 1.11 bits per heavy atom. The van der Waals surface area contributed by atoms with Crippen LogP contribution >= 0.6 is 0 Å². The van der Waals surface area contributed by atoms with Crippen LogP contribution in [0.5, 0.6) is 0 Å². The fourth-order valence-corrected chi connectivity index (χ4v) is 2.15. The van der Waals surface area contributed by atoms with Crippen LogP contribution in [0, 0.1) is 6.92 Å². The largest absolute Gasteiger partial charge is 0.464 e. The minimum absolute atomic E-state index is 0.144. The SMILES string of the molecule is Cc1ccc(C(c2ccc(CN)cc2)N(C)C)o1. The van der Waals surface area contributed by atoms with E-state index in [0.717, 1.165) is 17.1 Å². The van der Waals surface area contributed by atoms with E-state index in [2.05, 4.69) is 43.3 Å². The summed E-state index contributed by atoms with van der Waals surface area (Å²) in [5.41, 5.74) is 7.98. The van der Waals surface area contributed by atoms with Crippen LogP contribution in [0.2, 0.25) is 0 Å². The molecule has 1 atom stereocenters. The Morgan fingerprint density at radius 2 is 1.78 bits per heavy atom. The van der Waals surface area contributed by atoms with Gasteiger partial charge in [0.1, 0.15) is 11.5 Å². The molecular weight excluding hydrogens is 224 g/mol. The van der Waals surface area contributed by atoms with Crippen molar-refractivity contribution in [3.05, 3.63) is 59.0 Å². The van der Waals surface area contributed by atoms with Gasteiger partial charge in [-0.25, -0.2) is 0 Å². The molecule has 1 aromatic heterocycles. The predicted molar refractivity (Wildman–Crippen MR) is 73.3 cm³/mol. The van der Waals surface area contributed by atoms with Gasteiger partial charge in [0.25, 0.3) is 0 Å². The first-order chi connectivity index (χ1) is 8.61. The van der Waals surface area contributed by atoms with Gasteiger partial charge in [0.05, 0.1) is 6.04 Å². The number of rotatable bonds is 4. The molecular formula is C15H20N2O. The highest BCUT2D eigenvalue weighted by Crippen LogP contribution is 2.28. The number of hydrogen-bond donors (Lipinski definition) is 1. The third kappa shape index (κ3) is 2.63. The maximum absolute atomic E-state index is 5.75. The zero-order chi connectivity index (χ0) is 13.1. The standard InChI is InChI=1S/C15H20N2O/c1-11-4-9-14(18-11)15(17(2)3)13-7-5-12(10-16)6-8-13/h4-9,15H,10,16H2,1-3H3. The number of nitrogens with two attached hydrogens (primary N) is 1. The fraction of sp³-hybridized carbons (Fsp3) is 0.333. The molecule has 0 bridgehead atoms. The maximum atomic E-state index is 5.75. The van der Waals surface area contributed by atoms with Gasteiger partial charge in [-0.3, -0.25) is 4.90 Å². The lowest BCUT2D eigenvalue weighted by molar-refractivity contribution is 0.293. The van der Waals surface area contributed by atoms with Gasteiger partial charge in [-0.1, -0.05) is 24.3 Å². The lowest BCUT2D eigenvalue weighted by atomic mass is 10.0. The Hall–Kier alpha value is -1.58. The van der Waals surface area contributed by atoms with Gasteiger partial charge in [-0.15, -0.1) is 0 Å². The zero-order valence-electron chi connectivity index (χ0n) is 11.2. The Kier molecular flexibility index (Phi) is 3.84. The quantitative estimate of drug-likeness (QED) is 0.899. The second-order valence-corrected chi connectivity index (χ2v) is 4.76.